The van der Waals surface area contributed by atoms with Gasteiger partial charge in [0.05, 0.1) is 0 Å². The highest BCUT2D eigenvalue weighted by atomic mass is 16.5. The molecule has 0 bridgehead atoms. The minimum absolute atomic E-state index is 0.330. The summed E-state index contributed by atoms with van der Waals surface area (Å²) in [6, 6.07) is 1.86. The lowest BCUT2D eigenvalue weighted by Gasteiger charge is -1.83. The predicted molar refractivity (Wildman–Crippen MR) is 42.4 cm³/mol. The number of pyridine rings is 1. The van der Waals surface area contributed by atoms with Crippen LogP contribution in [0.25, 0.3) is 16.3 Å². The van der Waals surface area contributed by atoms with E-state index in [9.17, 15) is 4.79 Å². The van der Waals surface area contributed by atoms with Crippen molar-refractivity contribution in [2.24, 2.45) is 0 Å². The van der Waals surface area contributed by atoms with E-state index in [4.69, 9.17) is 4.52 Å². The molecule has 0 saturated carbocycles. The van der Waals surface area contributed by atoms with Crippen LogP contribution in [0.15, 0.2) is 34.0 Å². The van der Waals surface area contributed by atoms with Gasteiger partial charge in [-0.25, -0.2) is 4.79 Å². The third kappa shape index (κ3) is 0.492. The van der Waals surface area contributed by atoms with Crippen LogP contribution in [0.2, 0.25) is 0 Å². The zero-order valence-corrected chi connectivity index (χ0v) is 6.02. The summed E-state index contributed by atoms with van der Waals surface area (Å²) in [4.78, 5) is 15.0. The summed E-state index contributed by atoms with van der Waals surface area (Å²) in [5.41, 5.74) is 0.485. The number of nitrogens with zero attached hydrogens (tertiary/aromatic N) is 2. The second kappa shape index (κ2) is 1.66. The van der Waals surface area contributed by atoms with Gasteiger partial charge >= 0.3 is 5.63 Å². The Kier molecular flexibility index (Phi) is 0.798. The third-order valence-electron chi connectivity index (χ3n) is 1.96. The topological polar surface area (TPSA) is 47.5 Å². The Hall–Kier alpha value is -1.84. The number of aromatic nitrogens is 2. The van der Waals surface area contributed by atoms with E-state index in [0.29, 0.717) is 5.39 Å². The summed E-state index contributed by atoms with van der Waals surface area (Å²) in [5, 5.41) is 1.47. The molecule has 0 aromatic carbocycles. The van der Waals surface area contributed by atoms with E-state index in [-0.39, 0.29) is 5.63 Å². The third-order valence-corrected chi connectivity index (χ3v) is 1.96. The molecule has 0 amide bonds. The Morgan fingerprint density at radius 1 is 1.42 bits per heavy atom. The minimum atomic E-state index is -0.330. The first-order valence-corrected chi connectivity index (χ1v) is 3.54. The maximum absolute atomic E-state index is 11.1. The summed E-state index contributed by atoms with van der Waals surface area (Å²) in [6.45, 7) is 0. The van der Waals surface area contributed by atoms with Crippen molar-refractivity contribution in [1.29, 1.82) is 0 Å². The predicted octanol–water partition coefficient (Wildman–Crippen LogP) is 0.878. The molecule has 0 aliphatic carbocycles. The van der Waals surface area contributed by atoms with E-state index >= 15 is 0 Å². The lowest BCUT2D eigenvalue weighted by molar-refractivity contribution is 0.353. The number of hydrogen-bond donors (Lipinski definition) is 0. The molecule has 12 heavy (non-hydrogen) atoms. The van der Waals surface area contributed by atoms with Crippen molar-refractivity contribution in [3.05, 3.63) is 35.1 Å². The summed E-state index contributed by atoms with van der Waals surface area (Å²) in [6.07, 6.45) is 4.94. The lowest BCUT2D eigenvalue weighted by Crippen LogP contribution is -1.91. The molecule has 3 heterocycles. The summed E-state index contributed by atoms with van der Waals surface area (Å²) >= 11 is 0. The second-order valence-corrected chi connectivity index (χ2v) is 2.65. The van der Waals surface area contributed by atoms with Gasteiger partial charge < -0.3 is 4.52 Å². The highest BCUT2D eigenvalue weighted by Gasteiger charge is 2.09. The van der Waals surface area contributed by atoms with Crippen molar-refractivity contribution in [2.75, 3.05) is 0 Å². The molecule has 4 heteroatoms. The van der Waals surface area contributed by atoms with Gasteiger partial charge in [-0.15, -0.1) is 0 Å². The van der Waals surface area contributed by atoms with Gasteiger partial charge in [-0.3, -0.25) is 4.98 Å². The van der Waals surface area contributed by atoms with Crippen molar-refractivity contribution in [1.82, 2.24) is 9.56 Å². The monoisotopic (exact) mass is 160 g/mol. The van der Waals surface area contributed by atoms with Gasteiger partial charge in [0.1, 0.15) is 10.9 Å². The molecule has 3 aromatic rings. The quantitative estimate of drug-likeness (QED) is 0.490. The standard InChI is InChI=1S/C8H4N2O2/c11-8-6-4-9-3-5-1-2-10(12-8)7(5)6/h1-4H. The van der Waals surface area contributed by atoms with Crippen molar-refractivity contribution in [3.8, 4) is 0 Å². The fourth-order valence-corrected chi connectivity index (χ4v) is 1.42. The normalized spacial score (nSPS) is 11.7. The minimum Gasteiger partial charge on any atom is -0.331 e. The lowest BCUT2D eigenvalue weighted by atomic mass is 10.3. The molecule has 3 aromatic heterocycles. The summed E-state index contributed by atoms with van der Waals surface area (Å²) < 4.78 is 6.37. The van der Waals surface area contributed by atoms with E-state index in [0.717, 1.165) is 10.9 Å². The highest BCUT2D eigenvalue weighted by molar-refractivity contribution is 5.94. The van der Waals surface area contributed by atoms with E-state index in [1.54, 1.807) is 12.4 Å². The maximum atomic E-state index is 11.1. The van der Waals surface area contributed by atoms with Gasteiger partial charge in [0.2, 0.25) is 0 Å². The Balaban J connectivity index is 2.87. The van der Waals surface area contributed by atoms with Gasteiger partial charge in [0.25, 0.3) is 0 Å². The Morgan fingerprint density at radius 2 is 2.33 bits per heavy atom. The van der Waals surface area contributed by atoms with Crippen LogP contribution >= 0.6 is 0 Å². The molecule has 3 rings (SSSR count). The van der Waals surface area contributed by atoms with Crippen molar-refractivity contribution < 1.29 is 4.52 Å². The molecule has 0 N–H and O–H groups in total. The highest BCUT2D eigenvalue weighted by Crippen LogP contribution is 2.17. The van der Waals surface area contributed by atoms with Crippen LogP contribution in [0.5, 0.6) is 0 Å². The first-order chi connectivity index (χ1) is 5.86. The Labute approximate surface area is 66.3 Å². The van der Waals surface area contributed by atoms with Crippen molar-refractivity contribution >= 4 is 16.3 Å². The largest absolute Gasteiger partial charge is 0.367 e. The fourth-order valence-electron chi connectivity index (χ4n) is 1.42. The van der Waals surface area contributed by atoms with Crippen LogP contribution < -0.4 is 5.63 Å². The molecule has 0 aliphatic heterocycles. The van der Waals surface area contributed by atoms with Gasteiger partial charge in [-0.05, 0) is 6.07 Å². The van der Waals surface area contributed by atoms with E-state index in [1.165, 1.54) is 10.8 Å². The maximum Gasteiger partial charge on any atom is 0.367 e. The van der Waals surface area contributed by atoms with Crippen molar-refractivity contribution in [3.63, 3.8) is 0 Å². The molecule has 0 saturated heterocycles. The first-order valence-electron chi connectivity index (χ1n) is 3.54. The molecule has 0 aliphatic rings. The zero-order valence-electron chi connectivity index (χ0n) is 6.02. The average molecular weight is 160 g/mol. The SMILES string of the molecule is O=c1on2ccc3cncc1c32. The first kappa shape index (κ1) is 5.77. The summed E-state index contributed by atoms with van der Waals surface area (Å²) in [7, 11) is 0. The molecule has 4 nitrogen and oxygen atoms in total. The second-order valence-electron chi connectivity index (χ2n) is 2.65. The zero-order chi connectivity index (χ0) is 8.13. The van der Waals surface area contributed by atoms with Crippen LogP contribution in [0.3, 0.4) is 0 Å². The number of hydrogen-bond acceptors (Lipinski definition) is 3. The molecule has 0 radical (unpaired) electrons. The number of rotatable bonds is 0. The Bertz CT molecular complexity index is 588. The molecular formula is C8H4N2O2. The van der Waals surface area contributed by atoms with Gasteiger partial charge in [-0.2, -0.15) is 4.57 Å². The molecule has 0 atom stereocenters. The average Bonchev–Trinajstić information content (AvgIpc) is 2.61. The van der Waals surface area contributed by atoms with Crippen LogP contribution in [-0.2, 0) is 0 Å². The van der Waals surface area contributed by atoms with Crippen molar-refractivity contribution in [2.45, 2.75) is 0 Å². The smallest absolute Gasteiger partial charge is 0.331 e. The van der Waals surface area contributed by atoms with E-state index < -0.39 is 0 Å². The van der Waals surface area contributed by atoms with Crippen LogP contribution in [-0.4, -0.2) is 9.56 Å². The van der Waals surface area contributed by atoms with E-state index in [2.05, 4.69) is 4.98 Å². The van der Waals surface area contributed by atoms with Gasteiger partial charge in [0.15, 0.2) is 0 Å². The van der Waals surface area contributed by atoms with Crippen LogP contribution in [0.1, 0.15) is 0 Å². The molecule has 0 unspecified atom stereocenters. The fraction of sp³-hybridized carbons (Fsp3) is 0. The molecule has 0 fully saturated rings. The molecule has 0 spiro atoms. The molecule has 58 valence electrons. The molecular weight excluding hydrogens is 156 g/mol. The van der Waals surface area contributed by atoms with Gasteiger partial charge in [-0.1, -0.05) is 0 Å². The van der Waals surface area contributed by atoms with Gasteiger partial charge in [0, 0.05) is 24.0 Å². The Morgan fingerprint density at radius 3 is 3.25 bits per heavy atom. The van der Waals surface area contributed by atoms with Crippen LogP contribution in [0.4, 0.5) is 0 Å². The van der Waals surface area contributed by atoms with E-state index in [1.807, 2.05) is 6.07 Å². The van der Waals surface area contributed by atoms with Crippen LogP contribution in [0, 0.1) is 0 Å². The summed E-state index contributed by atoms with van der Waals surface area (Å²) in [5.74, 6) is 0.